The molecule has 0 aliphatic carbocycles. The highest BCUT2D eigenvalue weighted by Gasteiger charge is 2.21. The van der Waals surface area contributed by atoms with Crippen LogP contribution >= 0.6 is 0 Å². The van der Waals surface area contributed by atoms with Gasteiger partial charge in [0.25, 0.3) is 0 Å². The summed E-state index contributed by atoms with van der Waals surface area (Å²) < 4.78 is 32.9. The number of anilines is 1. The summed E-state index contributed by atoms with van der Waals surface area (Å²) in [6, 6.07) is 11.4. The maximum Gasteiger partial charge on any atom is 0.232 e. The summed E-state index contributed by atoms with van der Waals surface area (Å²) in [6.45, 7) is 2.74. The minimum atomic E-state index is 0.440. The van der Waals surface area contributed by atoms with Crippen LogP contribution in [0.25, 0.3) is 0 Å². The fraction of sp³-hybridized carbons (Fsp3) is 0.360. The minimum Gasteiger partial charge on any atom is -0.497 e. The van der Waals surface area contributed by atoms with Crippen molar-refractivity contribution < 1.29 is 28.4 Å². The van der Waals surface area contributed by atoms with Crippen LogP contribution in [0.15, 0.2) is 36.4 Å². The molecule has 0 radical (unpaired) electrons. The van der Waals surface area contributed by atoms with Gasteiger partial charge >= 0.3 is 0 Å². The molecule has 2 aromatic carbocycles. The van der Waals surface area contributed by atoms with Crippen molar-refractivity contribution in [1.29, 1.82) is 0 Å². The highest BCUT2D eigenvalue weighted by Crippen LogP contribution is 2.33. The molecule has 0 saturated carbocycles. The number of nitrogens with zero attached hydrogens (tertiary/aromatic N) is 3. The van der Waals surface area contributed by atoms with E-state index in [9.17, 15) is 0 Å². The largest absolute Gasteiger partial charge is 0.497 e. The third-order valence-electron chi connectivity index (χ3n) is 5.43. The van der Waals surface area contributed by atoms with Crippen LogP contribution < -0.4 is 33.3 Å². The van der Waals surface area contributed by atoms with Gasteiger partial charge in [0.1, 0.15) is 23.0 Å². The summed E-state index contributed by atoms with van der Waals surface area (Å²) in [6.07, 6.45) is 0. The first-order chi connectivity index (χ1) is 16.5. The second-order valence-corrected chi connectivity index (χ2v) is 7.38. The number of rotatable bonds is 11. The van der Waals surface area contributed by atoms with E-state index in [0.29, 0.717) is 53.8 Å². The van der Waals surface area contributed by atoms with Crippen molar-refractivity contribution in [3.63, 3.8) is 0 Å². The Labute approximate surface area is 200 Å². The normalized spacial score (nSPS) is 10.4. The highest BCUT2D eigenvalue weighted by atomic mass is 16.5. The minimum absolute atomic E-state index is 0.440. The summed E-state index contributed by atoms with van der Waals surface area (Å²) in [7, 11) is 9.64. The molecular weight excluding hydrogens is 438 g/mol. The van der Waals surface area contributed by atoms with Crippen LogP contribution in [0.3, 0.4) is 0 Å². The van der Waals surface area contributed by atoms with Crippen molar-refractivity contribution >= 4 is 5.95 Å². The first-order valence-corrected chi connectivity index (χ1v) is 10.6. The van der Waals surface area contributed by atoms with E-state index in [0.717, 1.165) is 16.7 Å². The lowest BCUT2D eigenvalue weighted by Crippen LogP contribution is -2.25. The summed E-state index contributed by atoms with van der Waals surface area (Å²) in [5.74, 6) is 4.12. The van der Waals surface area contributed by atoms with Gasteiger partial charge < -0.3 is 33.3 Å². The van der Waals surface area contributed by atoms with Gasteiger partial charge in [-0.1, -0.05) is 0 Å². The van der Waals surface area contributed by atoms with E-state index in [2.05, 4.69) is 9.97 Å². The zero-order chi connectivity index (χ0) is 24.7. The molecule has 3 aromatic rings. The molecule has 1 aromatic heterocycles. The van der Waals surface area contributed by atoms with Gasteiger partial charge in [-0.2, -0.15) is 9.97 Å². The molecular formula is C25H31N3O6. The third-order valence-corrected chi connectivity index (χ3v) is 5.43. The average molecular weight is 470 g/mol. The van der Waals surface area contributed by atoms with Crippen LogP contribution in [0.4, 0.5) is 5.95 Å². The first kappa shape index (κ1) is 24.8. The summed E-state index contributed by atoms with van der Waals surface area (Å²) in [4.78, 5) is 11.3. The fourth-order valence-corrected chi connectivity index (χ4v) is 3.58. The average Bonchev–Trinajstić information content (AvgIpc) is 2.88. The molecule has 0 fully saturated rings. The number of hydrogen-bond donors (Lipinski definition) is 0. The molecule has 0 aliphatic rings. The van der Waals surface area contributed by atoms with E-state index in [1.165, 1.54) is 0 Å². The van der Waals surface area contributed by atoms with Gasteiger partial charge in [-0.15, -0.1) is 0 Å². The molecule has 0 bridgehead atoms. The number of benzene rings is 2. The number of aromatic nitrogens is 2. The van der Waals surface area contributed by atoms with Crippen LogP contribution in [0, 0.1) is 6.92 Å². The zero-order valence-corrected chi connectivity index (χ0v) is 20.7. The van der Waals surface area contributed by atoms with Crippen LogP contribution in [-0.2, 0) is 13.1 Å². The van der Waals surface area contributed by atoms with Crippen molar-refractivity contribution in [1.82, 2.24) is 9.97 Å². The van der Waals surface area contributed by atoms with E-state index in [1.807, 2.05) is 48.2 Å². The molecule has 9 heteroatoms. The van der Waals surface area contributed by atoms with E-state index in [-0.39, 0.29) is 0 Å². The Morgan fingerprint density at radius 3 is 1.41 bits per heavy atom. The molecule has 1 heterocycles. The SMILES string of the molecule is COc1ccc(CN(Cc2ccc(OC)cc2OC)c2nc(OC)c(C)c(OC)n2)c(OC)c1. The molecule has 0 aliphatic heterocycles. The fourth-order valence-electron chi connectivity index (χ4n) is 3.58. The maximum atomic E-state index is 5.62. The van der Waals surface area contributed by atoms with Crippen molar-refractivity contribution in [3.8, 4) is 34.8 Å². The van der Waals surface area contributed by atoms with E-state index >= 15 is 0 Å². The lowest BCUT2D eigenvalue weighted by Gasteiger charge is -2.26. The van der Waals surface area contributed by atoms with Crippen molar-refractivity contribution in [3.05, 3.63) is 53.1 Å². The Morgan fingerprint density at radius 2 is 1.06 bits per heavy atom. The van der Waals surface area contributed by atoms with Crippen molar-refractivity contribution in [2.24, 2.45) is 0 Å². The van der Waals surface area contributed by atoms with E-state index in [4.69, 9.17) is 28.4 Å². The topological polar surface area (TPSA) is 84.4 Å². The Bertz CT molecular complexity index is 1040. The molecule has 0 spiro atoms. The van der Waals surface area contributed by atoms with E-state index in [1.54, 1.807) is 42.7 Å². The second-order valence-electron chi connectivity index (χ2n) is 7.38. The number of ether oxygens (including phenoxy) is 6. The first-order valence-electron chi connectivity index (χ1n) is 10.6. The smallest absolute Gasteiger partial charge is 0.232 e. The molecule has 0 N–H and O–H groups in total. The zero-order valence-electron chi connectivity index (χ0n) is 20.7. The van der Waals surface area contributed by atoms with Gasteiger partial charge in [0, 0.05) is 36.3 Å². The lowest BCUT2D eigenvalue weighted by atomic mass is 10.1. The molecule has 3 rings (SSSR count). The monoisotopic (exact) mass is 469 g/mol. The van der Waals surface area contributed by atoms with Gasteiger partial charge in [0.2, 0.25) is 17.7 Å². The van der Waals surface area contributed by atoms with Gasteiger partial charge in [-0.3, -0.25) is 0 Å². The van der Waals surface area contributed by atoms with Crippen molar-refractivity contribution in [2.75, 3.05) is 47.6 Å². The van der Waals surface area contributed by atoms with Gasteiger partial charge in [-0.25, -0.2) is 0 Å². The van der Waals surface area contributed by atoms with Gasteiger partial charge in [0.05, 0.1) is 48.2 Å². The molecule has 182 valence electrons. The number of hydrogen-bond acceptors (Lipinski definition) is 9. The summed E-state index contributed by atoms with van der Waals surface area (Å²) in [5, 5.41) is 0. The molecule has 0 unspecified atom stereocenters. The molecule has 34 heavy (non-hydrogen) atoms. The quantitative estimate of drug-likeness (QED) is 0.413. The molecule has 9 nitrogen and oxygen atoms in total. The lowest BCUT2D eigenvalue weighted by molar-refractivity contribution is 0.365. The Morgan fingerprint density at radius 1 is 0.618 bits per heavy atom. The Balaban J connectivity index is 2.09. The predicted octanol–water partition coefficient (Wildman–Crippen LogP) is 4.04. The van der Waals surface area contributed by atoms with Crippen LogP contribution in [0.1, 0.15) is 16.7 Å². The van der Waals surface area contributed by atoms with Crippen LogP contribution in [-0.4, -0.2) is 52.6 Å². The highest BCUT2D eigenvalue weighted by molar-refractivity contribution is 5.49. The van der Waals surface area contributed by atoms with Crippen LogP contribution in [0.5, 0.6) is 34.8 Å². The summed E-state index contributed by atoms with van der Waals surface area (Å²) >= 11 is 0. The molecule has 0 saturated heterocycles. The van der Waals surface area contributed by atoms with E-state index < -0.39 is 0 Å². The molecule has 0 atom stereocenters. The maximum absolute atomic E-state index is 5.62. The third kappa shape index (κ3) is 5.36. The second kappa shape index (κ2) is 11.3. The molecule has 0 amide bonds. The van der Waals surface area contributed by atoms with Crippen LogP contribution in [0.2, 0.25) is 0 Å². The summed E-state index contributed by atoms with van der Waals surface area (Å²) in [5.41, 5.74) is 2.58. The Hall–Kier alpha value is -3.88. The predicted molar refractivity (Wildman–Crippen MR) is 129 cm³/mol. The standard InChI is InChI=1S/C25H31N3O6/c1-16-23(33-6)26-25(27-24(16)34-7)28(14-17-8-10-19(29-2)12-21(17)31-4)15-18-9-11-20(30-3)13-22(18)32-5/h8-13H,14-15H2,1-7H3. The van der Waals surface area contributed by atoms with Crippen molar-refractivity contribution in [2.45, 2.75) is 20.0 Å². The number of methoxy groups -OCH3 is 6. The van der Waals surface area contributed by atoms with Gasteiger partial charge in [0.15, 0.2) is 0 Å². The Kier molecular flexibility index (Phi) is 8.24. The van der Waals surface area contributed by atoms with Gasteiger partial charge in [-0.05, 0) is 31.2 Å².